The number of benzene rings is 2. The number of piperidine rings is 1. The second-order valence-corrected chi connectivity index (χ2v) is 9.55. The molecule has 3 nitrogen and oxygen atoms in total. The lowest BCUT2D eigenvalue weighted by atomic mass is 10.0. The molecule has 1 aliphatic rings. The molecule has 4 rings (SSSR count). The summed E-state index contributed by atoms with van der Waals surface area (Å²) in [5.74, 6) is 0.139. The number of thiophene rings is 1. The van der Waals surface area contributed by atoms with Crippen molar-refractivity contribution in [3.8, 4) is 0 Å². The van der Waals surface area contributed by atoms with Crippen LogP contribution in [0, 0.1) is 6.92 Å². The minimum absolute atomic E-state index is 0.139. The number of fused-ring (bicyclic) bond motifs is 1. The molecule has 2 aromatic carbocycles. The zero-order valence-corrected chi connectivity index (χ0v) is 19.0. The maximum absolute atomic E-state index is 13.5. The molecule has 2 heterocycles. The number of aryl methyl sites for hydroxylation is 1. The van der Waals surface area contributed by atoms with Gasteiger partial charge in [0.1, 0.15) is 0 Å². The molecule has 1 amide bonds. The Morgan fingerprint density at radius 3 is 2.73 bits per heavy atom. The first kappa shape index (κ1) is 21.1. The maximum atomic E-state index is 13.5. The third-order valence-corrected chi connectivity index (χ3v) is 7.41. The number of carbonyl (C=O) groups excluding carboxylic acids is 1. The van der Waals surface area contributed by atoms with Gasteiger partial charge >= 0.3 is 0 Å². The van der Waals surface area contributed by atoms with E-state index in [0.717, 1.165) is 30.5 Å². The molecule has 0 aliphatic carbocycles. The van der Waals surface area contributed by atoms with Gasteiger partial charge in [-0.25, -0.2) is 0 Å². The SMILES string of the molecule is Cc1ccsc1CN(CCCN1CCCCC1C)C(=O)c1ccc2ccccc2c1. The quantitative estimate of drug-likeness (QED) is 0.460. The molecule has 4 heteroatoms. The van der Waals surface area contributed by atoms with Crippen LogP contribution in [0.3, 0.4) is 0 Å². The minimum atomic E-state index is 0.139. The van der Waals surface area contributed by atoms with Crippen molar-refractivity contribution in [2.45, 2.75) is 52.1 Å². The molecule has 1 fully saturated rings. The Labute approximate surface area is 184 Å². The van der Waals surface area contributed by atoms with E-state index in [4.69, 9.17) is 0 Å². The largest absolute Gasteiger partial charge is 0.333 e. The van der Waals surface area contributed by atoms with E-state index in [2.05, 4.69) is 53.3 Å². The number of nitrogens with zero attached hydrogens (tertiary/aromatic N) is 2. The van der Waals surface area contributed by atoms with E-state index in [1.807, 2.05) is 24.3 Å². The smallest absolute Gasteiger partial charge is 0.254 e. The average Bonchev–Trinajstić information content (AvgIpc) is 3.18. The summed E-state index contributed by atoms with van der Waals surface area (Å²) in [6.07, 6.45) is 4.97. The lowest BCUT2D eigenvalue weighted by Crippen LogP contribution is -2.40. The molecule has 0 radical (unpaired) electrons. The third kappa shape index (κ3) is 4.93. The van der Waals surface area contributed by atoms with Gasteiger partial charge in [-0.2, -0.15) is 0 Å². The summed E-state index contributed by atoms with van der Waals surface area (Å²) in [5.41, 5.74) is 2.07. The highest BCUT2D eigenvalue weighted by molar-refractivity contribution is 7.10. The summed E-state index contributed by atoms with van der Waals surface area (Å²) in [6, 6.07) is 17.1. The summed E-state index contributed by atoms with van der Waals surface area (Å²) in [6.45, 7) is 8.25. The van der Waals surface area contributed by atoms with Gasteiger partial charge in [-0.15, -0.1) is 11.3 Å². The van der Waals surface area contributed by atoms with Crippen LogP contribution in [0.15, 0.2) is 53.9 Å². The van der Waals surface area contributed by atoms with Crippen molar-refractivity contribution in [2.24, 2.45) is 0 Å². The molecule has 158 valence electrons. The van der Waals surface area contributed by atoms with Crippen LogP contribution in [0.2, 0.25) is 0 Å². The van der Waals surface area contributed by atoms with Gasteiger partial charge in [0.2, 0.25) is 0 Å². The van der Waals surface area contributed by atoms with Crippen LogP contribution in [-0.4, -0.2) is 41.4 Å². The fourth-order valence-corrected chi connectivity index (χ4v) is 5.37. The number of rotatable bonds is 7. The summed E-state index contributed by atoms with van der Waals surface area (Å²) in [5, 5.41) is 4.42. The Morgan fingerprint density at radius 2 is 1.97 bits per heavy atom. The Kier molecular flexibility index (Phi) is 6.86. The summed E-state index contributed by atoms with van der Waals surface area (Å²) < 4.78 is 0. The van der Waals surface area contributed by atoms with Gasteiger partial charge in [-0.05, 0) is 79.6 Å². The highest BCUT2D eigenvalue weighted by atomic mass is 32.1. The van der Waals surface area contributed by atoms with Crippen molar-refractivity contribution in [2.75, 3.05) is 19.6 Å². The van der Waals surface area contributed by atoms with E-state index in [1.165, 1.54) is 41.6 Å². The molecule has 0 bridgehead atoms. The Balaban J connectivity index is 1.49. The van der Waals surface area contributed by atoms with Gasteiger partial charge in [0.15, 0.2) is 0 Å². The van der Waals surface area contributed by atoms with Gasteiger partial charge in [0.05, 0.1) is 6.54 Å². The van der Waals surface area contributed by atoms with E-state index >= 15 is 0 Å². The van der Waals surface area contributed by atoms with Gasteiger partial charge < -0.3 is 9.80 Å². The molecule has 1 saturated heterocycles. The predicted octanol–water partition coefficient (Wildman–Crippen LogP) is 6.12. The van der Waals surface area contributed by atoms with Gasteiger partial charge in [0.25, 0.3) is 5.91 Å². The molecular weight excluding hydrogens is 388 g/mol. The van der Waals surface area contributed by atoms with E-state index in [9.17, 15) is 4.79 Å². The Hall–Kier alpha value is -2.17. The number of hydrogen-bond acceptors (Lipinski definition) is 3. The van der Waals surface area contributed by atoms with Crippen LogP contribution in [-0.2, 0) is 6.54 Å². The van der Waals surface area contributed by atoms with Crippen LogP contribution in [0.25, 0.3) is 10.8 Å². The summed E-state index contributed by atoms with van der Waals surface area (Å²) in [4.78, 5) is 19.4. The summed E-state index contributed by atoms with van der Waals surface area (Å²) in [7, 11) is 0. The van der Waals surface area contributed by atoms with Crippen LogP contribution in [0.1, 0.15) is 53.4 Å². The Bertz CT molecular complexity index is 995. The van der Waals surface area contributed by atoms with Crippen molar-refractivity contribution in [1.29, 1.82) is 0 Å². The highest BCUT2D eigenvalue weighted by Gasteiger charge is 2.21. The van der Waals surface area contributed by atoms with Gasteiger partial charge in [-0.3, -0.25) is 4.79 Å². The lowest BCUT2D eigenvalue weighted by molar-refractivity contribution is 0.0728. The average molecular weight is 421 g/mol. The molecular formula is C26H32N2OS. The van der Waals surface area contributed by atoms with E-state index < -0.39 is 0 Å². The number of carbonyl (C=O) groups is 1. The standard InChI is InChI=1S/C26H32N2OS/c1-20-13-17-30-25(20)19-28(16-7-15-27-14-6-5-8-21(27)2)26(29)24-12-11-22-9-3-4-10-23(22)18-24/h3-4,9-13,17-18,21H,5-8,14-16,19H2,1-2H3. The summed E-state index contributed by atoms with van der Waals surface area (Å²) >= 11 is 1.75. The molecule has 0 spiro atoms. The normalized spacial score (nSPS) is 17.3. The fraction of sp³-hybridized carbons (Fsp3) is 0.423. The first-order valence-electron chi connectivity index (χ1n) is 11.2. The van der Waals surface area contributed by atoms with Crippen molar-refractivity contribution in [3.05, 3.63) is 69.9 Å². The molecule has 1 aromatic heterocycles. The van der Waals surface area contributed by atoms with Crippen molar-refractivity contribution in [1.82, 2.24) is 9.80 Å². The van der Waals surface area contributed by atoms with Crippen LogP contribution in [0.5, 0.6) is 0 Å². The lowest BCUT2D eigenvalue weighted by Gasteiger charge is -2.34. The van der Waals surface area contributed by atoms with Crippen LogP contribution < -0.4 is 0 Å². The minimum Gasteiger partial charge on any atom is -0.333 e. The van der Waals surface area contributed by atoms with Gasteiger partial charge in [0, 0.05) is 29.6 Å². The van der Waals surface area contributed by atoms with E-state index in [-0.39, 0.29) is 5.91 Å². The predicted molar refractivity (Wildman–Crippen MR) is 127 cm³/mol. The monoisotopic (exact) mass is 420 g/mol. The van der Waals surface area contributed by atoms with Crippen LogP contribution in [0.4, 0.5) is 0 Å². The topological polar surface area (TPSA) is 23.6 Å². The Morgan fingerprint density at radius 1 is 1.13 bits per heavy atom. The van der Waals surface area contributed by atoms with Crippen molar-refractivity contribution in [3.63, 3.8) is 0 Å². The first-order chi connectivity index (χ1) is 14.6. The number of hydrogen-bond donors (Lipinski definition) is 0. The van der Waals surface area contributed by atoms with Gasteiger partial charge in [-0.1, -0.05) is 36.8 Å². The number of amides is 1. The molecule has 3 aromatic rings. The molecule has 0 N–H and O–H groups in total. The van der Waals surface area contributed by atoms with Crippen molar-refractivity contribution < 1.29 is 4.79 Å². The third-order valence-electron chi connectivity index (χ3n) is 6.40. The van der Waals surface area contributed by atoms with E-state index in [0.29, 0.717) is 12.6 Å². The molecule has 30 heavy (non-hydrogen) atoms. The zero-order chi connectivity index (χ0) is 20.9. The zero-order valence-electron chi connectivity index (χ0n) is 18.1. The highest BCUT2D eigenvalue weighted by Crippen LogP contribution is 2.22. The van der Waals surface area contributed by atoms with E-state index in [1.54, 1.807) is 11.3 Å². The fourth-order valence-electron chi connectivity index (χ4n) is 4.45. The van der Waals surface area contributed by atoms with Crippen molar-refractivity contribution >= 4 is 28.0 Å². The maximum Gasteiger partial charge on any atom is 0.254 e. The molecule has 0 saturated carbocycles. The second kappa shape index (κ2) is 9.76. The first-order valence-corrected chi connectivity index (χ1v) is 12.0. The van der Waals surface area contributed by atoms with Crippen LogP contribution >= 0.6 is 11.3 Å². The molecule has 1 unspecified atom stereocenters. The second-order valence-electron chi connectivity index (χ2n) is 8.55. The number of likely N-dealkylation sites (tertiary alicyclic amines) is 1. The molecule has 1 aliphatic heterocycles. The molecule has 1 atom stereocenters.